The molecule has 1 unspecified atom stereocenters. The fourth-order valence-electron chi connectivity index (χ4n) is 2.47. The molecule has 4 heteroatoms. The first-order valence-corrected chi connectivity index (χ1v) is 5.88. The number of nitrogens with zero attached hydrogens (tertiary/aromatic N) is 3. The summed E-state index contributed by atoms with van der Waals surface area (Å²) in [6.07, 6.45) is 5.91. The van der Waals surface area contributed by atoms with Crippen LogP contribution in [0.3, 0.4) is 0 Å². The summed E-state index contributed by atoms with van der Waals surface area (Å²) in [5, 5.41) is 0. The molecule has 0 bridgehead atoms. The van der Waals surface area contributed by atoms with Crippen LogP contribution in [0.25, 0.3) is 5.65 Å². The lowest BCUT2D eigenvalue weighted by atomic mass is 10.1. The highest BCUT2D eigenvalue weighted by Crippen LogP contribution is 2.25. The number of imidazole rings is 1. The lowest BCUT2D eigenvalue weighted by molar-refractivity contribution is 0.112. The molecule has 17 heavy (non-hydrogen) atoms. The number of likely N-dealkylation sites (tertiary alicyclic amines) is 1. The SMILES string of the molecule is CN1CCC(c2cn3cc(C=O)ccc3n2)C1. The normalized spacial score (nSPS) is 21.1. The molecule has 1 aliphatic rings. The molecule has 1 saturated heterocycles. The van der Waals surface area contributed by atoms with Crippen molar-refractivity contribution in [1.29, 1.82) is 0 Å². The summed E-state index contributed by atoms with van der Waals surface area (Å²) in [4.78, 5) is 17.7. The smallest absolute Gasteiger partial charge is 0.151 e. The van der Waals surface area contributed by atoms with Crippen molar-refractivity contribution in [2.24, 2.45) is 0 Å². The van der Waals surface area contributed by atoms with Crippen LogP contribution in [0.1, 0.15) is 28.4 Å². The predicted molar refractivity (Wildman–Crippen MR) is 65.4 cm³/mol. The molecule has 4 nitrogen and oxygen atoms in total. The Kier molecular flexibility index (Phi) is 2.44. The fraction of sp³-hybridized carbons (Fsp3) is 0.385. The molecule has 1 aliphatic heterocycles. The van der Waals surface area contributed by atoms with E-state index in [0.717, 1.165) is 30.7 Å². The van der Waals surface area contributed by atoms with E-state index in [1.54, 1.807) is 6.07 Å². The summed E-state index contributed by atoms with van der Waals surface area (Å²) in [6.45, 7) is 2.21. The van der Waals surface area contributed by atoms with Gasteiger partial charge >= 0.3 is 0 Å². The molecule has 0 amide bonds. The standard InChI is InChI=1S/C13H15N3O/c1-15-5-4-11(7-15)12-8-16-6-10(9-17)2-3-13(16)14-12/h2-3,6,8-9,11H,4-5,7H2,1H3. The van der Waals surface area contributed by atoms with Gasteiger partial charge in [0.1, 0.15) is 5.65 Å². The summed E-state index contributed by atoms with van der Waals surface area (Å²) in [5.41, 5.74) is 2.74. The molecule has 0 aromatic carbocycles. The molecule has 1 atom stereocenters. The number of aldehydes is 1. The molecular weight excluding hydrogens is 214 g/mol. The van der Waals surface area contributed by atoms with Crippen LogP contribution in [-0.2, 0) is 0 Å². The number of likely N-dealkylation sites (N-methyl/N-ethyl adjacent to an activating group) is 1. The van der Waals surface area contributed by atoms with Gasteiger partial charge < -0.3 is 9.30 Å². The van der Waals surface area contributed by atoms with E-state index in [2.05, 4.69) is 16.9 Å². The minimum Gasteiger partial charge on any atom is -0.306 e. The Bertz CT molecular complexity index is 561. The van der Waals surface area contributed by atoms with Crippen LogP contribution < -0.4 is 0 Å². The number of hydrogen-bond acceptors (Lipinski definition) is 3. The third kappa shape index (κ3) is 1.85. The van der Waals surface area contributed by atoms with Crippen molar-refractivity contribution >= 4 is 11.9 Å². The first kappa shape index (κ1) is 10.5. The van der Waals surface area contributed by atoms with Gasteiger partial charge in [0.05, 0.1) is 5.69 Å². The first-order chi connectivity index (χ1) is 8.26. The van der Waals surface area contributed by atoms with Crippen LogP contribution in [-0.4, -0.2) is 40.7 Å². The highest BCUT2D eigenvalue weighted by Gasteiger charge is 2.23. The van der Waals surface area contributed by atoms with Crippen molar-refractivity contribution in [3.05, 3.63) is 35.8 Å². The van der Waals surface area contributed by atoms with E-state index in [1.807, 2.05) is 22.9 Å². The second kappa shape index (κ2) is 3.96. The van der Waals surface area contributed by atoms with Crippen LogP contribution in [0.15, 0.2) is 24.5 Å². The highest BCUT2D eigenvalue weighted by atomic mass is 16.1. The molecule has 0 spiro atoms. The van der Waals surface area contributed by atoms with Crippen LogP contribution in [0, 0.1) is 0 Å². The van der Waals surface area contributed by atoms with Crippen LogP contribution in [0.2, 0.25) is 0 Å². The Morgan fingerprint density at radius 1 is 1.41 bits per heavy atom. The minimum atomic E-state index is 0.527. The summed E-state index contributed by atoms with van der Waals surface area (Å²) in [7, 11) is 2.14. The topological polar surface area (TPSA) is 37.6 Å². The van der Waals surface area contributed by atoms with Crippen molar-refractivity contribution in [3.8, 4) is 0 Å². The largest absolute Gasteiger partial charge is 0.306 e. The minimum absolute atomic E-state index is 0.527. The third-order valence-corrected chi connectivity index (χ3v) is 3.44. The monoisotopic (exact) mass is 229 g/mol. The zero-order valence-electron chi connectivity index (χ0n) is 9.84. The van der Waals surface area contributed by atoms with E-state index < -0.39 is 0 Å². The van der Waals surface area contributed by atoms with Crippen molar-refractivity contribution < 1.29 is 4.79 Å². The number of pyridine rings is 1. The average molecular weight is 229 g/mol. The Labute approximate surface area is 99.9 Å². The van der Waals surface area contributed by atoms with Gasteiger partial charge in [0.25, 0.3) is 0 Å². The number of rotatable bonds is 2. The Morgan fingerprint density at radius 2 is 2.29 bits per heavy atom. The van der Waals surface area contributed by atoms with E-state index in [9.17, 15) is 4.79 Å². The van der Waals surface area contributed by atoms with Gasteiger partial charge in [-0.25, -0.2) is 4.98 Å². The van der Waals surface area contributed by atoms with E-state index in [-0.39, 0.29) is 0 Å². The molecule has 3 heterocycles. The second-order valence-corrected chi connectivity index (χ2v) is 4.76. The molecule has 2 aromatic rings. The fourth-order valence-corrected chi connectivity index (χ4v) is 2.47. The molecular formula is C13H15N3O. The summed E-state index contributed by atoms with van der Waals surface area (Å²) in [5.74, 6) is 0.527. The molecule has 88 valence electrons. The van der Waals surface area contributed by atoms with Crippen LogP contribution in [0.5, 0.6) is 0 Å². The van der Waals surface area contributed by atoms with Crippen molar-refractivity contribution in [3.63, 3.8) is 0 Å². The predicted octanol–water partition coefficient (Wildman–Crippen LogP) is 1.57. The lowest BCUT2D eigenvalue weighted by Gasteiger charge is -2.06. The van der Waals surface area contributed by atoms with E-state index in [4.69, 9.17) is 0 Å². The number of aromatic nitrogens is 2. The zero-order chi connectivity index (χ0) is 11.8. The maximum Gasteiger partial charge on any atom is 0.151 e. The van der Waals surface area contributed by atoms with Gasteiger partial charge in [0, 0.05) is 30.4 Å². The van der Waals surface area contributed by atoms with Crippen molar-refractivity contribution in [1.82, 2.24) is 14.3 Å². The molecule has 1 fully saturated rings. The lowest BCUT2D eigenvalue weighted by Crippen LogP contribution is -2.13. The number of hydrogen-bond donors (Lipinski definition) is 0. The van der Waals surface area contributed by atoms with E-state index in [0.29, 0.717) is 11.5 Å². The quantitative estimate of drug-likeness (QED) is 0.733. The summed E-state index contributed by atoms with van der Waals surface area (Å²) < 4.78 is 1.94. The molecule has 3 rings (SSSR count). The van der Waals surface area contributed by atoms with Gasteiger partial charge in [0.15, 0.2) is 6.29 Å². The van der Waals surface area contributed by atoms with E-state index in [1.165, 1.54) is 6.42 Å². The molecule has 0 saturated carbocycles. The highest BCUT2D eigenvalue weighted by molar-refractivity contribution is 5.74. The number of carbonyl (C=O) groups excluding carboxylic acids is 1. The van der Waals surface area contributed by atoms with Crippen molar-refractivity contribution in [2.45, 2.75) is 12.3 Å². The van der Waals surface area contributed by atoms with Gasteiger partial charge in [-0.2, -0.15) is 0 Å². The van der Waals surface area contributed by atoms with Gasteiger partial charge in [-0.15, -0.1) is 0 Å². The third-order valence-electron chi connectivity index (χ3n) is 3.44. The number of fused-ring (bicyclic) bond motifs is 1. The van der Waals surface area contributed by atoms with Crippen molar-refractivity contribution in [2.75, 3.05) is 20.1 Å². The molecule has 0 radical (unpaired) electrons. The molecule has 0 aliphatic carbocycles. The van der Waals surface area contributed by atoms with Gasteiger partial charge in [-0.05, 0) is 32.1 Å². The number of carbonyl (C=O) groups is 1. The summed E-state index contributed by atoms with van der Waals surface area (Å²) in [6, 6.07) is 3.70. The second-order valence-electron chi connectivity index (χ2n) is 4.76. The maximum absolute atomic E-state index is 10.7. The Hall–Kier alpha value is -1.68. The maximum atomic E-state index is 10.7. The zero-order valence-corrected chi connectivity index (χ0v) is 9.84. The van der Waals surface area contributed by atoms with Gasteiger partial charge in [0.2, 0.25) is 0 Å². The van der Waals surface area contributed by atoms with Crippen LogP contribution >= 0.6 is 0 Å². The van der Waals surface area contributed by atoms with Gasteiger partial charge in [-0.3, -0.25) is 4.79 Å². The molecule has 0 N–H and O–H groups in total. The molecule has 2 aromatic heterocycles. The average Bonchev–Trinajstić information content (AvgIpc) is 2.93. The van der Waals surface area contributed by atoms with E-state index >= 15 is 0 Å². The van der Waals surface area contributed by atoms with Gasteiger partial charge in [-0.1, -0.05) is 0 Å². The summed E-state index contributed by atoms with van der Waals surface area (Å²) >= 11 is 0. The Morgan fingerprint density at radius 3 is 3.00 bits per heavy atom. The van der Waals surface area contributed by atoms with Crippen LogP contribution in [0.4, 0.5) is 0 Å². The first-order valence-electron chi connectivity index (χ1n) is 5.88. The Balaban J connectivity index is 1.98.